The van der Waals surface area contributed by atoms with Crippen molar-refractivity contribution in [1.29, 1.82) is 0 Å². The van der Waals surface area contributed by atoms with Crippen molar-refractivity contribution in [2.24, 2.45) is 0 Å². The second-order valence-corrected chi connectivity index (χ2v) is 11.4. The summed E-state index contributed by atoms with van der Waals surface area (Å²) in [4.78, 5) is 9.31. The summed E-state index contributed by atoms with van der Waals surface area (Å²) in [5.41, 5.74) is 2.48. The summed E-state index contributed by atoms with van der Waals surface area (Å²) in [7, 11) is -3.49. The minimum atomic E-state index is -3.49. The number of piperidine rings is 1. The quantitative estimate of drug-likeness (QED) is 0.539. The Morgan fingerprint density at radius 3 is 2.52 bits per heavy atom. The van der Waals surface area contributed by atoms with Crippen LogP contribution in [0.5, 0.6) is 0 Å². The first kappa shape index (κ1) is 21.0. The van der Waals surface area contributed by atoms with E-state index in [0.717, 1.165) is 43.8 Å². The number of sulfonamides is 1. The van der Waals surface area contributed by atoms with E-state index in [-0.39, 0.29) is 5.92 Å². The van der Waals surface area contributed by atoms with Crippen LogP contribution in [0.25, 0.3) is 0 Å². The van der Waals surface area contributed by atoms with Crippen LogP contribution in [0.2, 0.25) is 0 Å². The fourth-order valence-corrected chi connectivity index (χ4v) is 6.47. The van der Waals surface area contributed by atoms with Gasteiger partial charge in [-0.1, -0.05) is 11.2 Å². The van der Waals surface area contributed by atoms with Crippen molar-refractivity contribution in [3.63, 3.8) is 0 Å². The highest BCUT2D eigenvalue weighted by Gasteiger charge is 2.33. The highest BCUT2D eigenvalue weighted by atomic mass is 32.2. The molecular formula is C24H28N4O4S. The summed E-state index contributed by atoms with van der Waals surface area (Å²) >= 11 is 0. The molecule has 1 aromatic carbocycles. The molecule has 0 amide bonds. The Morgan fingerprint density at radius 1 is 0.970 bits per heavy atom. The first-order chi connectivity index (χ1) is 16.1. The average molecular weight is 469 g/mol. The van der Waals surface area contributed by atoms with E-state index in [2.05, 4.69) is 15.1 Å². The van der Waals surface area contributed by atoms with Crippen molar-refractivity contribution in [3.8, 4) is 0 Å². The minimum Gasteiger partial charge on any atom is -0.445 e. The Bertz CT molecular complexity index is 1250. The minimum absolute atomic E-state index is 0.0676. The first-order valence-electron chi connectivity index (χ1n) is 12.0. The van der Waals surface area contributed by atoms with Gasteiger partial charge in [0.25, 0.3) is 0 Å². The van der Waals surface area contributed by atoms with Crippen LogP contribution >= 0.6 is 0 Å². The number of hydrogen-bond donors (Lipinski definition) is 0. The maximum atomic E-state index is 13.2. The van der Waals surface area contributed by atoms with E-state index in [4.69, 9.17) is 8.94 Å². The Morgan fingerprint density at radius 2 is 1.73 bits per heavy atom. The average Bonchev–Trinajstić information content (AvgIpc) is 3.41. The van der Waals surface area contributed by atoms with Crippen LogP contribution in [0.15, 0.2) is 38.2 Å². The van der Waals surface area contributed by atoms with E-state index in [1.807, 2.05) is 12.1 Å². The molecule has 0 spiro atoms. The number of benzene rings is 1. The van der Waals surface area contributed by atoms with Crippen LogP contribution in [-0.4, -0.2) is 40.9 Å². The van der Waals surface area contributed by atoms with Gasteiger partial charge in [-0.25, -0.2) is 13.4 Å². The van der Waals surface area contributed by atoms with Crippen molar-refractivity contribution in [1.82, 2.24) is 19.4 Å². The lowest BCUT2D eigenvalue weighted by molar-refractivity contribution is 0.270. The monoisotopic (exact) mass is 468 g/mol. The number of aryl methyl sites for hydroxylation is 2. The van der Waals surface area contributed by atoms with E-state index in [9.17, 15) is 8.42 Å². The van der Waals surface area contributed by atoms with Crippen molar-refractivity contribution >= 4 is 10.0 Å². The zero-order chi connectivity index (χ0) is 22.4. The van der Waals surface area contributed by atoms with Gasteiger partial charge in [-0.05, 0) is 74.6 Å². The Kier molecular flexibility index (Phi) is 5.33. The smallest absolute Gasteiger partial charge is 0.243 e. The van der Waals surface area contributed by atoms with Crippen LogP contribution in [0, 0.1) is 0 Å². The van der Waals surface area contributed by atoms with Gasteiger partial charge < -0.3 is 8.94 Å². The number of fused-ring (bicyclic) bond motifs is 1. The first-order valence-corrected chi connectivity index (χ1v) is 13.4. The molecule has 1 saturated heterocycles. The van der Waals surface area contributed by atoms with Crippen molar-refractivity contribution < 1.29 is 17.4 Å². The van der Waals surface area contributed by atoms with Gasteiger partial charge in [0.2, 0.25) is 15.9 Å². The summed E-state index contributed by atoms with van der Waals surface area (Å²) in [6.07, 6.45) is 10.2. The topological polar surface area (TPSA) is 102 Å². The molecule has 2 aromatic heterocycles. The molecule has 1 saturated carbocycles. The van der Waals surface area contributed by atoms with Crippen molar-refractivity contribution in [2.75, 3.05) is 13.1 Å². The third-order valence-electron chi connectivity index (χ3n) is 7.08. The second-order valence-electron chi connectivity index (χ2n) is 9.48. The lowest BCUT2D eigenvalue weighted by Crippen LogP contribution is -2.38. The number of rotatable bonds is 6. The molecule has 33 heavy (non-hydrogen) atoms. The summed E-state index contributed by atoms with van der Waals surface area (Å²) in [6, 6.07) is 5.66. The highest BCUT2D eigenvalue weighted by Crippen LogP contribution is 2.39. The molecule has 0 bridgehead atoms. The van der Waals surface area contributed by atoms with Gasteiger partial charge in [-0.2, -0.15) is 9.29 Å². The van der Waals surface area contributed by atoms with E-state index in [1.54, 1.807) is 16.6 Å². The predicted molar refractivity (Wildman–Crippen MR) is 119 cm³/mol. The molecule has 2 aliphatic carbocycles. The van der Waals surface area contributed by atoms with Gasteiger partial charge in [0.15, 0.2) is 11.7 Å². The molecule has 0 atom stereocenters. The lowest BCUT2D eigenvalue weighted by atomic mass is 9.92. The third-order valence-corrected chi connectivity index (χ3v) is 8.97. The van der Waals surface area contributed by atoms with E-state index in [0.29, 0.717) is 54.9 Å². The maximum Gasteiger partial charge on any atom is 0.243 e. The van der Waals surface area contributed by atoms with Crippen LogP contribution in [-0.2, 0) is 29.3 Å². The van der Waals surface area contributed by atoms with E-state index in [1.165, 1.54) is 17.5 Å². The molecule has 174 valence electrons. The second kappa shape index (κ2) is 8.36. The molecule has 6 rings (SSSR count). The molecule has 0 unspecified atom stereocenters. The van der Waals surface area contributed by atoms with Gasteiger partial charge in [0.1, 0.15) is 5.76 Å². The molecular weight excluding hydrogens is 440 g/mol. The molecule has 1 aliphatic heterocycles. The molecule has 3 aromatic rings. The van der Waals surface area contributed by atoms with E-state index >= 15 is 0 Å². The zero-order valence-electron chi connectivity index (χ0n) is 18.6. The van der Waals surface area contributed by atoms with Gasteiger partial charge in [-0.15, -0.1) is 0 Å². The van der Waals surface area contributed by atoms with Gasteiger partial charge >= 0.3 is 0 Å². The van der Waals surface area contributed by atoms with Crippen LogP contribution in [0.3, 0.4) is 0 Å². The third kappa shape index (κ3) is 4.24. The summed E-state index contributed by atoms with van der Waals surface area (Å²) < 4.78 is 39.4. The molecule has 2 fully saturated rings. The van der Waals surface area contributed by atoms with Gasteiger partial charge in [0, 0.05) is 24.9 Å². The Balaban J connectivity index is 1.09. The standard InChI is InChI=1S/C24H28N4O4S/c29-33(30,21-8-7-16-3-1-2-4-19(16)13-21)28-11-9-18(10-12-28)24-26-22(27-32-24)14-20-15-25-23(31-20)17-5-6-17/h7-8,13,15,17-18H,1-6,9-12,14H2. The Labute approximate surface area is 193 Å². The SMILES string of the molecule is O=S(=O)(c1ccc2c(c1)CCCC2)N1CCC(c2nc(Cc3cnc(C4CC4)o3)no2)CC1. The zero-order valence-corrected chi connectivity index (χ0v) is 19.4. The van der Waals surface area contributed by atoms with E-state index < -0.39 is 10.0 Å². The fourth-order valence-electron chi connectivity index (χ4n) is 4.95. The van der Waals surface area contributed by atoms with Crippen LogP contribution in [0.4, 0.5) is 0 Å². The summed E-state index contributed by atoms with van der Waals surface area (Å²) in [5.74, 6) is 3.25. The summed E-state index contributed by atoms with van der Waals surface area (Å²) in [6.45, 7) is 0.906. The molecule has 3 aliphatic rings. The number of aromatic nitrogens is 3. The molecule has 0 radical (unpaired) electrons. The van der Waals surface area contributed by atoms with Crippen molar-refractivity contribution in [3.05, 3.63) is 58.9 Å². The molecule has 3 heterocycles. The van der Waals surface area contributed by atoms with Gasteiger partial charge in [0.05, 0.1) is 17.5 Å². The Hall–Kier alpha value is -2.52. The predicted octanol–water partition coefficient (Wildman–Crippen LogP) is 3.97. The maximum absolute atomic E-state index is 13.2. The molecule has 0 N–H and O–H groups in total. The highest BCUT2D eigenvalue weighted by molar-refractivity contribution is 7.89. The fraction of sp³-hybridized carbons (Fsp3) is 0.542. The summed E-state index contributed by atoms with van der Waals surface area (Å²) in [5, 5.41) is 4.11. The normalized spacial score (nSPS) is 20.1. The number of oxazole rings is 1. The van der Waals surface area contributed by atoms with Crippen LogP contribution < -0.4 is 0 Å². The largest absolute Gasteiger partial charge is 0.445 e. The molecule has 8 nitrogen and oxygen atoms in total. The van der Waals surface area contributed by atoms with Crippen molar-refractivity contribution in [2.45, 2.75) is 74.5 Å². The molecule has 9 heteroatoms. The van der Waals surface area contributed by atoms with Crippen LogP contribution in [0.1, 0.15) is 84.9 Å². The number of hydrogen-bond acceptors (Lipinski definition) is 7. The lowest BCUT2D eigenvalue weighted by Gasteiger charge is -2.30. The number of nitrogens with zero attached hydrogens (tertiary/aromatic N) is 4. The van der Waals surface area contributed by atoms with Gasteiger partial charge in [-0.3, -0.25) is 0 Å².